The summed E-state index contributed by atoms with van der Waals surface area (Å²) in [6.07, 6.45) is 3.70. The van der Waals surface area contributed by atoms with Gasteiger partial charge in [0.25, 0.3) is 11.8 Å². The smallest absolute Gasteiger partial charge is 0.272 e. The van der Waals surface area contributed by atoms with Crippen LogP contribution < -0.4 is 4.74 Å². The Morgan fingerprint density at radius 2 is 1.55 bits per heavy atom. The molecule has 0 radical (unpaired) electrons. The van der Waals surface area contributed by atoms with Crippen molar-refractivity contribution >= 4 is 11.8 Å². The minimum absolute atomic E-state index is 0.0953. The van der Waals surface area contributed by atoms with Crippen LogP contribution in [0.25, 0.3) is 0 Å². The zero-order chi connectivity index (χ0) is 30.2. The molecule has 2 aliphatic rings. The Morgan fingerprint density at radius 3 is 2.36 bits per heavy atom. The number of carbonyl (C=O) groups excluding carboxylic acids is 2. The van der Waals surface area contributed by atoms with Gasteiger partial charge >= 0.3 is 0 Å². The van der Waals surface area contributed by atoms with E-state index in [2.05, 4.69) is 18.2 Å². The van der Waals surface area contributed by atoms with Crippen molar-refractivity contribution in [2.75, 3.05) is 32.8 Å². The first-order chi connectivity index (χ1) is 21.6. The second-order valence-electron chi connectivity index (χ2n) is 11.6. The molecule has 2 amide bonds. The van der Waals surface area contributed by atoms with Crippen molar-refractivity contribution in [3.63, 3.8) is 0 Å². The third-order valence-electron chi connectivity index (χ3n) is 8.49. The molecule has 0 aliphatic carbocycles. The SMILES string of the molecule is O=C(c1cccc(Cc2ccccc2)n1)N1CCOC2(CCCCc3ccccc3OCCN(Cc3ccccc3)C2=O)C1. The topological polar surface area (TPSA) is 72.0 Å². The summed E-state index contributed by atoms with van der Waals surface area (Å²) in [6.45, 7) is 2.11. The van der Waals surface area contributed by atoms with Crippen LogP contribution in [-0.4, -0.2) is 65.0 Å². The highest BCUT2D eigenvalue weighted by Crippen LogP contribution is 2.31. The molecule has 2 aliphatic heterocycles. The summed E-state index contributed by atoms with van der Waals surface area (Å²) in [7, 11) is 0. The molecule has 3 aromatic carbocycles. The van der Waals surface area contributed by atoms with Crippen LogP contribution in [0.1, 0.15) is 52.1 Å². The Hall–Kier alpha value is -4.49. The van der Waals surface area contributed by atoms with Gasteiger partial charge in [-0.3, -0.25) is 9.59 Å². The van der Waals surface area contributed by atoms with E-state index in [0.29, 0.717) is 51.4 Å². The van der Waals surface area contributed by atoms with Crippen molar-refractivity contribution in [1.82, 2.24) is 14.8 Å². The highest BCUT2D eigenvalue weighted by molar-refractivity contribution is 5.94. The summed E-state index contributed by atoms with van der Waals surface area (Å²) in [4.78, 5) is 36.8. The maximum Gasteiger partial charge on any atom is 0.272 e. The van der Waals surface area contributed by atoms with Gasteiger partial charge in [-0.1, -0.05) is 84.9 Å². The molecule has 0 N–H and O–H groups in total. The van der Waals surface area contributed by atoms with E-state index in [1.807, 2.05) is 83.8 Å². The van der Waals surface area contributed by atoms with Gasteiger partial charge in [0.05, 0.1) is 19.7 Å². The molecule has 1 atom stereocenters. The van der Waals surface area contributed by atoms with E-state index in [9.17, 15) is 9.59 Å². The molecule has 1 fully saturated rings. The van der Waals surface area contributed by atoms with E-state index < -0.39 is 5.60 Å². The summed E-state index contributed by atoms with van der Waals surface area (Å²) in [5.74, 6) is 0.609. The van der Waals surface area contributed by atoms with Gasteiger partial charge in [0.2, 0.25) is 0 Å². The van der Waals surface area contributed by atoms with Crippen molar-refractivity contribution in [3.05, 3.63) is 131 Å². The number of hydrogen-bond donors (Lipinski definition) is 0. The number of fused-ring (bicyclic) bond motifs is 1. The van der Waals surface area contributed by atoms with Gasteiger partial charge in [-0.25, -0.2) is 4.98 Å². The lowest BCUT2D eigenvalue weighted by Crippen LogP contribution is -2.62. The molecule has 1 saturated heterocycles. The zero-order valence-corrected chi connectivity index (χ0v) is 25.1. The number of carbonyl (C=O) groups is 2. The number of nitrogens with zero attached hydrogens (tertiary/aromatic N) is 3. The van der Waals surface area contributed by atoms with E-state index in [4.69, 9.17) is 14.5 Å². The van der Waals surface area contributed by atoms with E-state index >= 15 is 0 Å². The van der Waals surface area contributed by atoms with Crippen LogP contribution in [0.4, 0.5) is 0 Å². The summed E-state index contributed by atoms with van der Waals surface area (Å²) in [5, 5.41) is 0. The number of para-hydroxylation sites is 1. The highest BCUT2D eigenvalue weighted by atomic mass is 16.5. The number of ether oxygens (including phenoxy) is 2. The fourth-order valence-electron chi connectivity index (χ4n) is 6.20. The maximum atomic E-state index is 14.5. The average Bonchev–Trinajstić information content (AvgIpc) is 3.07. The van der Waals surface area contributed by atoms with Gasteiger partial charge in [0.15, 0.2) is 5.60 Å². The third kappa shape index (κ3) is 7.00. The van der Waals surface area contributed by atoms with Gasteiger partial charge in [-0.05, 0) is 60.6 Å². The Balaban J connectivity index is 1.25. The number of hydrogen-bond acceptors (Lipinski definition) is 5. The highest BCUT2D eigenvalue weighted by Gasteiger charge is 2.47. The van der Waals surface area contributed by atoms with Crippen LogP contribution in [0.15, 0.2) is 103 Å². The molecule has 0 bridgehead atoms. The van der Waals surface area contributed by atoms with Crippen molar-refractivity contribution in [3.8, 4) is 5.75 Å². The molecule has 7 nitrogen and oxygen atoms in total. The van der Waals surface area contributed by atoms with Crippen molar-refractivity contribution < 1.29 is 19.1 Å². The second kappa shape index (κ2) is 13.9. The summed E-state index contributed by atoms with van der Waals surface area (Å²) < 4.78 is 12.6. The fourth-order valence-corrected chi connectivity index (χ4v) is 6.20. The molecule has 1 aromatic heterocycles. The predicted molar refractivity (Wildman–Crippen MR) is 169 cm³/mol. The number of aromatic nitrogens is 1. The molecule has 1 spiro atoms. The fraction of sp³-hybridized carbons (Fsp3) is 0.324. The third-order valence-corrected chi connectivity index (χ3v) is 8.49. The van der Waals surface area contributed by atoms with E-state index in [-0.39, 0.29) is 18.4 Å². The zero-order valence-electron chi connectivity index (χ0n) is 25.1. The standard InChI is InChI=1S/C37H39N3O4/c41-35(33-19-11-18-32(38-33)26-29-12-3-1-4-13-29)40-23-25-44-37(28-40)21-10-9-17-31-16-7-8-20-34(31)43-24-22-39(36(37)42)27-30-14-5-2-6-15-30/h1-8,11-16,18-20H,9-10,17,21-28H2. The Kier molecular flexibility index (Phi) is 9.32. The largest absolute Gasteiger partial charge is 0.491 e. The van der Waals surface area contributed by atoms with Gasteiger partial charge < -0.3 is 19.3 Å². The van der Waals surface area contributed by atoms with E-state index in [1.54, 1.807) is 11.0 Å². The minimum Gasteiger partial charge on any atom is -0.491 e. The monoisotopic (exact) mass is 589 g/mol. The van der Waals surface area contributed by atoms with E-state index in [0.717, 1.165) is 41.8 Å². The lowest BCUT2D eigenvalue weighted by Gasteiger charge is -2.44. The summed E-state index contributed by atoms with van der Waals surface area (Å²) >= 11 is 0. The normalized spacial score (nSPS) is 19.4. The quantitative estimate of drug-likeness (QED) is 0.298. The first-order valence-electron chi connectivity index (χ1n) is 15.6. The lowest BCUT2D eigenvalue weighted by atomic mass is 9.90. The number of benzene rings is 3. The molecule has 1 unspecified atom stereocenters. The van der Waals surface area contributed by atoms with Crippen LogP contribution in [0, 0.1) is 0 Å². The van der Waals surface area contributed by atoms with Gasteiger partial charge in [-0.2, -0.15) is 0 Å². The number of amides is 2. The number of rotatable bonds is 5. The van der Waals surface area contributed by atoms with Crippen molar-refractivity contribution in [1.29, 1.82) is 0 Å². The van der Waals surface area contributed by atoms with Gasteiger partial charge in [-0.15, -0.1) is 0 Å². The molecule has 4 aromatic rings. The van der Waals surface area contributed by atoms with Crippen LogP contribution in [0.5, 0.6) is 5.75 Å². The molecule has 44 heavy (non-hydrogen) atoms. The number of morpholine rings is 1. The number of pyridine rings is 1. The van der Waals surface area contributed by atoms with Crippen LogP contribution in [0.2, 0.25) is 0 Å². The van der Waals surface area contributed by atoms with E-state index in [1.165, 1.54) is 5.56 Å². The predicted octanol–water partition coefficient (Wildman–Crippen LogP) is 5.72. The molecule has 6 rings (SSSR count). The van der Waals surface area contributed by atoms with Crippen LogP contribution in [-0.2, 0) is 28.9 Å². The molecule has 0 saturated carbocycles. The Morgan fingerprint density at radius 1 is 0.795 bits per heavy atom. The van der Waals surface area contributed by atoms with Crippen LogP contribution in [0.3, 0.4) is 0 Å². The molecular weight excluding hydrogens is 550 g/mol. The molecular formula is C37H39N3O4. The Bertz CT molecular complexity index is 1560. The molecule has 226 valence electrons. The maximum absolute atomic E-state index is 14.5. The number of aryl methyl sites for hydroxylation is 1. The minimum atomic E-state index is -1.14. The molecule has 7 heteroatoms. The summed E-state index contributed by atoms with van der Waals surface area (Å²) in [5.41, 5.74) is 3.43. The lowest BCUT2D eigenvalue weighted by molar-refractivity contribution is -0.171. The molecule has 3 heterocycles. The van der Waals surface area contributed by atoms with Gasteiger partial charge in [0, 0.05) is 25.2 Å². The first kappa shape index (κ1) is 29.6. The summed E-state index contributed by atoms with van der Waals surface area (Å²) in [6, 6.07) is 33.8. The van der Waals surface area contributed by atoms with Gasteiger partial charge in [0.1, 0.15) is 18.1 Å². The van der Waals surface area contributed by atoms with Crippen molar-refractivity contribution in [2.45, 2.75) is 44.2 Å². The average molecular weight is 590 g/mol. The second-order valence-corrected chi connectivity index (χ2v) is 11.6. The van der Waals surface area contributed by atoms with Crippen molar-refractivity contribution in [2.24, 2.45) is 0 Å². The van der Waals surface area contributed by atoms with Crippen LogP contribution >= 0.6 is 0 Å². The Labute approximate surface area is 259 Å². The first-order valence-corrected chi connectivity index (χ1v) is 15.6.